The van der Waals surface area contributed by atoms with E-state index in [0.29, 0.717) is 6.04 Å². The van der Waals surface area contributed by atoms with Gasteiger partial charge in [-0.25, -0.2) is 0 Å². The van der Waals surface area contributed by atoms with Gasteiger partial charge in [0.2, 0.25) is 0 Å². The molecule has 18 heavy (non-hydrogen) atoms. The first-order chi connectivity index (χ1) is 8.66. The number of likely N-dealkylation sites (tertiary alicyclic amines) is 1. The third kappa shape index (κ3) is 3.56. The Labute approximate surface area is 111 Å². The first-order valence-electron chi connectivity index (χ1n) is 7.13. The molecule has 0 spiro atoms. The molecule has 1 saturated heterocycles. The second-order valence-corrected chi connectivity index (χ2v) is 5.65. The summed E-state index contributed by atoms with van der Waals surface area (Å²) in [5, 5.41) is 9.63. The van der Waals surface area contributed by atoms with Crippen molar-refractivity contribution in [2.24, 2.45) is 5.92 Å². The molecule has 1 aliphatic rings. The normalized spacial score (nSPS) is 21.7. The Balaban J connectivity index is 1.80. The van der Waals surface area contributed by atoms with Crippen LogP contribution in [0.15, 0.2) is 30.3 Å². The molecule has 2 unspecified atom stereocenters. The molecule has 2 rings (SSSR count). The minimum Gasteiger partial charge on any atom is -0.392 e. The van der Waals surface area contributed by atoms with Gasteiger partial charge in [0.15, 0.2) is 0 Å². The number of rotatable bonds is 4. The SMILES string of the molecule is CC(O)C(C)N1CCC(Cc2ccccc2)CC1. The summed E-state index contributed by atoms with van der Waals surface area (Å²) in [6.07, 6.45) is 3.49. The fourth-order valence-corrected chi connectivity index (χ4v) is 2.82. The van der Waals surface area contributed by atoms with Crippen LogP contribution in [-0.4, -0.2) is 35.2 Å². The third-order valence-electron chi connectivity index (χ3n) is 4.29. The Bertz CT molecular complexity index is 341. The van der Waals surface area contributed by atoms with Crippen molar-refractivity contribution in [3.8, 4) is 0 Å². The standard InChI is InChI=1S/C16H25NO/c1-13(14(2)18)17-10-8-16(9-11-17)12-15-6-4-3-5-7-15/h3-7,13-14,16,18H,8-12H2,1-2H3. The van der Waals surface area contributed by atoms with Crippen LogP contribution in [0.2, 0.25) is 0 Å². The number of nitrogens with zero attached hydrogens (tertiary/aromatic N) is 1. The van der Waals surface area contributed by atoms with E-state index in [1.807, 2.05) is 6.92 Å². The summed E-state index contributed by atoms with van der Waals surface area (Å²) < 4.78 is 0. The van der Waals surface area contributed by atoms with Crippen LogP contribution in [-0.2, 0) is 6.42 Å². The van der Waals surface area contributed by atoms with Crippen molar-refractivity contribution in [2.75, 3.05) is 13.1 Å². The summed E-state index contributed by atoms with van der Waals surface area (Å²) in [4.78, 5) is 2.42. The minimum atomic E-state index is -0.226. The van der Waals surface area contributed by atoms with Gasteiger partial charge in [-0.05, 0) is 57.7 Å². The van der Waals surface area contributed by atoms with Gasteiger partial charge in [0.05, 0.1) is 6.10 Å². The molecule has 0 aromatic heterocycles. The van der Waals surface area contributed by atoms with Crippen LogP contribution in [0.1, 0.15) is 32.3 Å². The largest absolute Gasteiger partial charge is 0.392 e. The van der Waals surface area contributed by atoms with Gasteiger partial charge in [-0.15, -0.1) is 0 Å². The predicted octanol–water partition coefficient (Wildman–Crippen LogP) is 2.71. The van der Waals surface area contributed by atoms with Crippen molar-refractivity contribution in [3.63, 3.8) is 0 Å². The first kappa shape index (κ1) is 13.6. The highest BCUT2D eigenvalue weighted by molar-refractivity contribution is 5.15. The van der Waals surface area contributed by atoms with E-state index in [4.69, 9.17) is 0 Å². The Morgan fingerprint density at radius 2 is 1.78 bits per heavy atom. The molecule has 1 N–H and O–H groups in total. The molecule has 1 fully saturated rings. The molecule has 2 nitrogen and oxygen atoms in total. The zero-order valence-corrected chi connectivity index (χ0v) is 11.5. The zero-order chi connectivity index (χ0) is 13.0. The van der Waals surface area contributed by atoms with Crippen LogP contribution < -0.4 is 0 Å². The summed E-state index contributed by atoms with van der Waals surface area (Å²) in [5.74, 6) is 0.810. The van der Waals surface area contributed by atoms with Gasteiger partial charge in [-0.1, -0.05) is 30.3 Å². The summed E-state index contributed by atoms with van der Waals surface area (Å²) >= 11 is 0. The Hall–Kier alpha value is -0.860. The smallest absolute Gasteiger partial charge is 0.0664 e. The van der Waals surface area contributed by atoms with Gasteiger partial charge in [-0.3, -0.25) is 4.90 Å². The van der Waals surface area contributed by atoms with Crippen molar-refractivity contribution in [3.05, 3.63) is 35.9 Å². The Kier molecular flexibility index (Phi) is 4.79. The minimum absolute atomic E-state index is 0.226. The second kappa shape index (κ2) is 6.35. The maximum Gasteiger partial charge on any atom is 0.0664 e. The quantitative estimate of drug-likeness (QED) is 0.884. The van der Waals surface area contributed by atoms with Crippen LogP contribution in [0, 0.1) is 5.92 Å². The number of piperidine rings is 1. The van der Waals surface area contributed by atoms with Crippen LogP contribution in [0.4, 0.5) is 0 Å². The number of aliphatic hydroxyl groups excluding tert-OH is 1. The predicted molar refractivity (Wildman–Crippen MR) is 75.6 cm³/mol. The lowest BCUT2D eigenvalue weighted by Gasteiger charge is -2.37. The monoisotopic (exact) mass is 247 g/mol. The van der Waals surface area contributed by atoms with Crippen molar-refractivity contribution < 1.29 is 5.11 Å². The van der Waals surface area contributed by atoms with Gasteiger partial charge < -0.3 is 5.11 Å². The molecule has 0 bridgehead atoms. The molecule has 2 atom stereocenters. The van der Waals surface area contributed by atoms with E-state index in [1.165, 1.54) is 24.8 Å². The van der Waals surface area contributed by atoms with Crippen molar-refractivity contribution in [1.82, 2.24) is 4.90 Å². The summed E-state index contributed by atoms with van der Waals surface area (Å²) in [5.41, 5.74) is 1.46. The lowest BCUT2D eigenvalue weighted by molar-refractivity contribution is 0.0482. The van der Waals surface area contributed by atoms with E-state index in [2.05, 4.69) is 42.2 Å². The number of benzene rings is 1. The average molecular weight is 247 g/mol. The summed E-state index contributed by atoms with van der Waals surface area (Å²) in [7, 11) is 0. The van der Waals surface area contributed by atoms with Gasteiger partial charge in [0.25, 0.3) is 0 Å². The van der Waals surface area contributed by atoms with Crippen LogP contribution in [0.3, 0.4) is 0 Å². The lowest BCUT2D eigenvalue weighted by atomic mass is 9.89. The van der Waals surface area contributed by atoms with E-state index < -0.39 is 0 Å². The molecule has 1 aliphatic heterocycles. The average Bonchev–Trinajstić information content (AvgIpc) is 2.40. The van der Waals surface area contributed by atoms with E-state index in [0.717, 1.165) is 19.0 Å². The van der Waals surface area contributed by atoms with Crippen molar-refractivity contribution in [2.45, 2.75) is 45.3 Å². The number of aliphatic hydroxyl groups is 1. The molecule has 100 valence electrons. The highest BCUT2D eigenvalue weighted by atomic mass is 16.3. The highest BCUT2D eigenvalue weighted by Crippen LogP contribution is 2.23. The molecular weight excluding hydrogens is 222 g/mol. The molecule has 1 aromatic rings. The van der Waals surface area contributed by atoms with Crippen molar-refractivity contribution in [1.29, 1.82) is 0 Å². The van der Waals surface area contributed by atoms with Crippen LogP contribution in [0.25, 0.3) is 0 Å². The van der Waals surface area contributed by atoms with Crippen LogP contribution in [0.5, 0.6) is 0 Å². The van der Waals surface area contributed by atoms with Gasteiger partial charge in [-0.2, -0.15) is 0 Å². The van der Waals surface area contributed by atoms with E-state index in [-0.39, 0.29) is 6.10 Å². The van der Waals surface area contributed by atoms with E-state index in [9.17, 15) is 5.11 Å². The van der Waals surface area contributed by atoms with Gasteiger partial charge in [0.1, 0.15) is 0 Å². The topological polar surface area (TPSA) is 23.5 Å². The highest BCUT2D eigenvalue weighted by Gasteiger charge is 2.24. The lowest BCUT2D eigenvalue weighted by Crippen LogP contribution is -2.45. The van der Waals surface area contributed by atoms with Gasteiger partial charge >= 0.3 is 0 Å². The van der Waals surface area contributed by atoms with E-state index in [1.54, 1.807) is 0 Å². The summed E-state index contributed by atoms with van der Waals surface area (Å²) in [6, 6.07) is 11.1. The molecule has 0 aliphatic carbocycles. The fraction of sp³-hybridized carbons (Fsp3) is 0.625. The Morgan fingerprint density at radius 3 is 2.33 bits per heavy atom. The molecule has 0 radical (unpaired) electrons. The molecular formula is C16H25NO. The first-order valence-corrected chi connectivity index (χ1v) is 7.13. The zero-order valence-electron chi connectivity index (χ0n) is 11.5. The molecule has 1 aromatic carbocycles. The Morgan fingerprint density at radius 1 is 1.17 bits per heavy atom. The van der Waals surface area contributed by atoms with E-state index >= 15 is 0 Å². The maximum absolute atomic E-state index is 9.63. The van der Waals surface area contributed by atoms with Crippen LogP contribution >= 0.6 is 0 Å². The van der Waals surface area contributed by atoms with Crippen molar-refractivity contribution >= 4 is 0 Å². The fourth-order valence-electron chi connectivity index (χ4n) is 2.82. The second-order valence-electron chi connectivity index (χ2n) is 5.65. The number of hydrogen-bond donors (Lipinski definition) is 1. The number of hydrogen-bond acceptors (Lipinski definition) is 2. The van der Waals surface area contributed by atoms with Gasteiger partial charge in [0, 0.05) is 6.04 Å². The molecule has 0 amide bonds. The third-order valence-corrected chi connectivity index (χ3v) is 4.29. The maximum atomic E-state index is 9.63. The molecule has 1 heterocycles. The summed E-state index contributed by atoms with van der Waals surface area (Å²) in [6.45, 7) is 6.27. The molecule has 2 heteroatoms. The molecule has 0 saturated carbocycles.